The summed E-state index contributed by atoms with van der Waals surface area (Å²) in [7, 11) is 0. The van der Waals surface area contributed by atoms with Crippen LogP contribution in [0, 0.1) is 31.1 Å². The van der Waals surface area contributed by atoms with E-state index in [-0.39, 0.29) is 19.1 Å². The lowest BCUT2D eigenvalue weighted by Gasteiger charge is -2.33. The maximum atomic E-state index is 12.1. The Morgan fingerprint density at radius 1 is 0.823 bits per heavy atom. The Labute approximate surface area is 369 Å². The molecule has 0 aliphatic carbocycles. The fraction of sp³-hybridized carbons (Fsp3) is 0.312. The van der Waals surface area contributed by atoms with E-state index in [2.05, 4.69) is 35.0 Å². The van der Waals surface area contributed by atoms with Crippen LogP contribution in [0.5, 0.6) is 11.5 Å². The molecule has 2 atom stereocenters. The quantitative estimate of drug-likeness (QED) is 0.107. The molecule has 2 N–H and O–H groups in total. The molecule has 8 rings (SSSR count). The van der Waals surface area contributed by atoms with E-state index < -0.39 is 18.0 Å². The van der Waals surface area contributed by atoms with Gasteiger partial charge in [0.15, 0.2) is 5.58 Å². The van der Waals surface area contributed by atoms with Crippen LogP contribution in [0.4, 0.5) is 0 Å². The molecule has 6 aromatic rings. The number of piperidine rings is 1. The topological polar surface area (TPSA) is 162 Å². The Morgan fingerprint density at radius 2 is 1.60 bits per heavy atom. The van der Waals surface area contributed by atoms with Crippen molar-refractivity contribution in [3.05, 3.63) is 128 Å². The molecule has 0 saturated carbocycles. The monoisotopic (exact) mass is 873 g/mol. The van der Waals surface area contributed by atoms with E-state index in [0.717, 1.165) is 57.3 Å². The zero-order valence-electron chi connectivity index (χ0n) is 34.4. The summed E-state index contributed by atoms with van der Waals surface area (Å²) in [5.41, 5.74) is 9.72. The molecule has 0 radical (unpaired) electrons. The Hall–Kier alpha value is -5.97. The van der Waals surface area contributed by atoms with E-state index >= 15 is 0 Å². The van der Waals surface area contributed by atoms with Crippen molar-refractivity contribution in [1.29, 1.82) is 5.26 Å². The van der Waals surface area contributed by atoms with Gasteiger partial charge in [-0.15, -0.1) is 0 Å². The number of carboxylic acid groups (broad SMARTS) is 2. The summed E-state index contributed by atoms with van der Waals surface area (Å²) >= 11 is 13.6. The number of halogens is 2. The van der Waals surface area contributed by atoms with Crippen LogP contribution in [0.2, 0.25) is 10.0 Å². The second kappa shape index (κ2) is 18.6. The van der Waals surface area contributed by atoms with Crippen LogP contribution in [-0.2, 0) is 35.9 Å². The van der Waals surface area contributed by atoms with Gasteiger partial charge in [-0.2, -0.15) is 5.26 Å². The lowest BCUT2D eigenvalue weighted by atomic mass is 9.91. The fourth-order valence-corrected chi connectivity index (χ4v) is 9.06. The predicted octanol–water partition coefficient (Wildman–Crippen LogP) is 9.86. The number of pyridine rings is 1. The van der Waals surface area contributed by atoms with Gasteiger partial charge in [-0.05, 0) is 110 Å². The summed E-state index contributed by atoms with van der Waals surface area (Å²) in [4.78, 5) is 36.7. The zero-order chi connectivity index (χ0) is 43.5. The molecule has 4 aromatic carbocycles. The van der Waals surface area contributed by atoms with Gasteiger partial charge in [-0.1, -0.05) is 60.0 Å². The maximum Gasteiger partial charge on any atom is 0.320 e. The summed E-state index contributed by atoms with van der Waals surface area (Å²) in [6.07, 6.45) is 6.08. The first-order chi connectivity index (χ1) is 29.9. The van der Waals surface area contributed by atoms with E-state index in [0.29, 0.717) is 95.2 Å². The van der Waals surface area contributed by atoms with E-state index in [1.54, 1.807) is 24.4 Å². The average molecular weight is 875 g/mol. The number of fused-ring (bicyclic) bond motifs is 1. The van der Waals surface area contributed by atoms with Gasteiger partial charge in [0.05, 0.1) is 21.5 Å². The number of nitrogens with zero attached hydrogens (tertiary/aromatic N) is 5. The van der Waals surface area contributed by atoms with Gasteiger partial charge in [0.2, 0.25) is 5.89 Å². The van der Waals surface area contributed by atoms with Gasteiger partial charge in [0.1, 0.15) is 42.3 Å². The highest BCUT2D eigenvalue weighted by Gasteiger charge is 2.30. The number of ether oxygens (including phenoxy) is 2. The summed E-state index contributed by atoms with van der Waals surface area (Å²) in [6.45, 7) is 7.19. The van der Waals surface area contributed by atoms with Gasteiger partial charge in [-0.25, -0.2) is 4.98 Å². The molecule has 0 bridgehead atoms. The van der Waals surface area contributed by atoms with Gasteiger partial charge in [-0.3, -0.25) is 24.4 Å². The molecule has 0 spiro atoms. The first-order valence-corrected chi connectivity index (χ1v) is 21.3. The molecule has 0 amide bonds. The third kappa shape index (κ3) is 9.27. The number of oxazole rings is 1. The van der Waals surface area contributed by atoms with Crippen LogP contribution in [0.25, 0.3) is 33.7 Å². The number of carbonyl (C=O) groups is 2. The first kappa shape index (κ1) is 42.7. The van der Waals surface area contributed by atoms with Gasteiger partial charge in [0, 0.05) is 54.8 Å². The fourth-order valence-electron chi connectivity index (χ4n) is 8.55. The Balaban J connectivity index is 1.03. The third-order valence-corrected chi connectivity index (χ3v) is 12.5. The summed E-state index contributed by atoms with van der Waals surface area (Å²) in [5, 5.41) is 29.6. The molecule has 318 valence electrons. The van der Waals surface area contributed by atoms with E-state index in [9.17, 15) is 25.1 Å². The number of likely N-dealkylation sites (tertiary alicyclic amines) is 2. The summed E-state index contributed by atoms with van der Waals surface area (Å²) < 4.78 is 19.0. The minimum atomic E-state index is -0.851. The highest BCUT2D eigenvalue weighted by atomic mass is 35.5. The normalized spacial score (nSPS) is 17.0. The van der Waals surface area contributed by atoms with Crippen molar-refractivity contribution in [2.24, 2.45) is 5.92 Å². The van der Waals surface area contributed by atoms with Crippen molar-refractivity contribution < 1.29 is 33.7 Å². The second-order valence-corrected chi connectivity index (χ2v) is 16.9. The molecule has 2 aliphatic rings. The number of aliphatic carboxylic acids is 2. The molecular formula is C48H45Cl2N5O7. The van der Waals surface area contributed by atoms with Crippen LogP contribution in [0.15, 0.2) is 83.5 Å². The molecule has 62 heavy (non-hydrogen) atoms. The Kier molecular flexibility index (Phi) is 12.8. The molecule has 2 aliphatic heterocycles. The van der Waals surface area contributed by atoms with Gasteiger partial charge >= 0.3 is 11.9 Å². The van der Waals surface area contributed by atoms with Gasteiger partial charge < -0.3 is 24.1 Å². The van der Waals surface area contributed by atoms with Crippen molar-refractivity contribution >= 4 is 46.2 Å². The van der Waals surface area contributed by atoms with E-state index in [1.165, 1.54) is 6.20 Å². The number of benzene rings is 4. The van der Waals surface area contributed by atoms with Crippen LogP contribution < -0.4 is 9.47 Å². The SMILES string of the molecule is Cc1c(COc2cc(OCc3cncc(C#N)c3)c(CN3CCCCC3C(=O)O)cc2Cl)cccc1-c1cccc(-c2nc3cc(CN4CCC(C(=O)O)C4)cc(Cl)c3o2)c1C. The minimum absolute atomic E-state index is 0.130. The van der Waals surface area contributed by atoms with Gasteiger partial charge in [0.25, 0.3) is 0 Å². The Bertz CT molecular complexity index is 2710. The lowest BCUT2D eigenvalue weighted by Crippen LogP contribution is -2.44. The molecule has 2 unspecified atom stereocenters. The number of nitriles is 1. The first-order valence-electron chi connectivity index (χ1n) is 20.6. The molecule has 2 fully saturated rings. The third-order valence-electron chi connectivity index (χ3n) is 11.9. The number of hydrogen-bond donors (Lipinski definition) is 2. The zero-order valence-corrected chi connectivity index (χ0v) is 35.9. The van der Waals surface area contributed by atoms with Crippen molar-refractivity contribution in [3.8, 4) is 40.1 Å². The largest absolute Gasteiger partial charge is 0.488 e. The molecule has 2 aromatic heterocycles. The van der Waals surface area contributed by atoms with E-state index in [4.69, 9.17) is 42.1 Å². The second-order valence-electron chi connectivity index (χ2n) is 16.1. The summed E-state index contributed by atoms with van der Waals surface area (Å²) in [5.74, 6) is -0.615. The Morgan fingerprint density at radius 3 is 2.37 bits per heavy atom. The van der Waals surface area contributed by atoms with Crippen LogP contribution >= 0.6 is 23.2 Å². The predicted molar refractivity (Wildman–Crippen MR) is 235 cm³/mol. The highest BCUT2D eigenvalue weighted by molar-refractivity contribution is 6.34. The standard InChI is InChI=1S/C48H45Cl2N5O7/c1-28-34(27-61-44-19-43(60-26-32-15-31(20-51)21-52-22-32)35(18-39(44)49)25-55-13-4-3-11-42(55)48(58)59)7-5-8-36(28)37-9-6-10-38(29(37)2)46-53-41-17-30(16-40(50)45(41)62-46)23-54-14-12-33(24-54)47(56)57/h5-10,15-19,21-22,33,42H,3-4,11-14,23-27H2,1-2H3,(H,56,57)(H,58,59). The molecular weight excluding hydrogens is 829 g/mol. The average Bonchev–Trinajstić information content (AvgIpc) is 3.92. The molecule has 12 nitrogen and oxygen atoms in total. The molecule has 4 heterocycles. The highest BCUT2D eigenvalue weighted by Crippen LogP contribution is 2.39. The van der Waals surface area contributed by atoms with Crippen molar-refractivity contribution in [2.75, 3.05) is 19.6 Å². The lowest BCUT2D eigenvalue weighted by molar-refractivity contribution is -0.145. The molecule has 2 saturated heterocycles. The van der Waals surface area contributed by atoms with Crippen molar-refractivity contribution in [2.45, 2.75) is 71.9 Å². The molecule has 14 heteroatoms. The minimum Gasteiger partial charge on any atom is -0.488 e. The van der Waals surface area contributed by atoms with Crippen molar-refractivity contribution in [1.82, 2.24) is 19.8 Å². The van der Waals surface area contributed by atoms with E-state index in [1.807, 2.05) is 48.2 Å². The van der Waals surface area contributed by atoms with Crippen LogP contribution in [0.3, 0.4) is 0 Å². The smallest absolute Gasteiger partial charge is 0.320 e. The maximum absolute atomic E-state index is 12.1. The van der Waals surface area contributed by atoms with Crippen LogP contribution in [0.1, 0.15) is 64.6 Å². The van der Waals surface area contributed by atoms with Crippen molar-refractivity contribution in [3.63, 3.8) is 0 Å². The number of aromatic nitrogens is 2. The van der Waals surface area contributed by atoms with Crippen LogP contribution in [-0.4, -0.2) is 67.6 Å². The number of hydrogen-bond acceptors (Lipinski definition) is 10. The number of carboxylic acids is 2. The summed E-state index contributed by atoms with van der Waals surface area (Å²) in [6, 6.07) is 22.7. The number of rotatable bonds is 14.